The molecule has 1 aliphatic rings. The molecule has 3 N–H and O–H groups in total. The van der Waals surface area contributed by atoms with Crippen molar-refractivity contribution in [3.8, 4) is 0 Å². The SMILES string of the molecule is CN1CCCN(CCCCC(=O)NN)CC1. The van der Waals surface area contributed by atoms with Gasteiger partial charge in [0.2, 0.25) is 5.91 Å². The van der Waals surface area contributed by atoms with Crippen LogP contribution in [0.25, 0.3) is 0 Å². The maximum Gasteiger partial charge on any atom is 0.233 e. The number of carbonyl (C=O) groups is 1. The van der Waals surface area contributed by atoms with Crippen LogP contribution >= 0.6 is 0 Å². The topological polar surface area (TPSA) is 61.6 Å². The minimum Gasteiger partial charge on any atom is -0.305 e. The lowest BCUT2D eigenvalue weighted by Crippen LogP contribution is -2.31. The lowest BCUT2D eigenvalue weighted by Gasteiger charge is -2.19. The first kappa shape index (κ1) is 13.4. The van der Waals surface area contributed by atoms with Gasteiger partial charge in [0.05, 0.1) is 0 Å². The van der Waals surface area contributed by atoms with E-state index in [2.05, 4.69) is 22.3 Å². The number of amides is 1. The Morgan fingerprint density at radius 2 is 2.06 bits per heavy atom. The fraction of sp³-hybridized carbons (Fsp3) is 0.909. The molecule has 0 aromatic carbocycles. The zero-order chi connectivity index (χ0) is 11.8. The molecule has 0 atom stereocenters. The summed E-state index contributed by atoms with van der Waals surface area (Å²) in [5.41, 5.74) is 2.16. The highest BCUT2D eigenvalue weighted by Gasteiger charge is 2.11. The van der Waals surface area contributed by atoms with Crippen molar-refractivity contribution in [2.75, 3.05) is 39.8 Å². The Hall–Kier alpha value is -0.650. The minimum absolute atomic E-state index is 0.0596. The molecule has 5 heteroatoms. The van der Waals surface area contributed by atoms with Gasteiger partial charge in [-0.1, -0.05) is 0 Å². The number of carbonyl (C=O) groups excluding carboxylic acids is 1. The van der Waals surface area contributed by atoms with E-state index in [1.165, 1.54) is 19.5 Å². The van der Waals surface area contributed by atoms with Crippen LogP contribution in [-0.4, -0.2) is 55.5 Å². The molecule has 1 aliphatic heterocycles. The predicted octanol–water partition coefficient (Wildman–Crippen LogP) is -0.216. The summed E-state index contributed by atoms with van der Waals surface area (Å²) in [6.45, 7) is 5.80. The van der Waals surface area contributed by atoms with Crippen molar-refractivity contribution in [2.45, 2.75) is 25.7 Å². The van der Waals surface area contributed by atoms with E-state index in [0.717, 1.165) is 32.5 Å². The fourth-order valence-corrected chi connectivity index (χ4v) is 2.02. The lowest BCUT2D eigenvalue weighted by atomic mass is 10.2. The van der Waals surface area contributed by atoms with E-state index >= 15 is 0 Å². The largest absolute Gasteiger partial charge is 0.305 e. The zero-order valence-electron chi connectivity index (χ0n) is 10.2. The van der Waals surface area contributed by atoms with Crippen molar-refractivity contribution >= 4 is 5.91 Å². The van der Waals surface area contributed by atoms with Crippen LogP contribution in [-0.2, 0) is 4.79 Å². The van der Waals surface area contributed by atoms with E-state index < -0.39 is 0 Å². The molecule has 0 aromatic heterocycles. The predicted molar refractivity (Wildman–Crippen MR) is 64.7 cm³/mol. The van der Waals surface area contributed by atoms with Crippen molar-refractivity contribution in [1.29, 1.82) is 0 Å². The Bertz CT molecular complexity index is 210. The second kappa shape index (κ2) is 7.60. The van der Waals surface area contributed by atoms with Gasteiger partial charge in [-0.25, -0.2) is 5.84 Å². The zero-order valence-corrected chi connectivity index (χ0v) is 10.2. The molecule has 1 saturated heterocycles. The molecule has 0 aliphatic carbocycles. The van der Waals surface area contributed by atoms with E-state index in [9.17, 15) is 4.79 Å². The van der Waals surface area contributed by atoms with Crippen LogP contribution in [0.4, 0.5) is 0 Å². The van der Waals surface area contributed by atoms with Crippen LogP contribution in [0.5, 0.6) is 0 Å². The Morgan fingerprint density at radius 3 is 2.81 bits per heavy atom. The maximum absolute atomic E-state index is 10.9. The van der Waals surface area contributed by atoms with Crippen LogP contribution in [0.2, 0.25) is 0 Å². The summed E-state index contributed by atoms with van der Waals surface area (Å²) in [6.07, 6.45) is 3.80. The van der Waals surface area contributed by atoms with Gasteiger partial charge in [0.25, 0.3) is 0 Å². The van der Waals surface area contributed by atoms with Crippen molar-refractivity contribution in [2.24, 2.45) is 5.84 Å². The van der Waals surface area contributed by atoms with Gasteiger partial charge in [0.1, 0.15) is 0 Å². The molecule has 0 unspecified atom stereocenters. The standard InChI is InChI=1S/C11H24N4O/c1-14-6-4-8-15(10-9-14)7-3-2-5-11(16)13-12/h2-10,12H2,1H3,(H,13,16). The van der Waals surface area contributed by atoms with E-state index in [0.29, 0.717) is 6.42 Å². The molecule has 0 bridgehead atoms. The third kappa shape index (κ3) is 5.44. The van der Waals surface area contributed by atoms with Gasteiger partial charge in [-0.05, 0) is 45.9 Å². The molecule has 16 heavy (non-hydrogen) atoms. The number of hydrogen-bond acceptors (Lipinski definition) is 4. The van der Waals surface area contributed by atoms with E-state index in [1.807, 2.05) is 0 Å². The minimum atomic E-state index is -0.0596. The molecular formula is C11H24N4O. The molecule has 0 aromatic rings. The lowest BCUT2D eigenvalue weighted by molar-refractivity contribution is -0.121. The number of hydrogen-bond donors (Lipinski definition) is 2. The number of nitrogens with zero attached hydrogens (tertiary/aromatic N) is 2. The van der Waals surface area contributed by atoms with Crippen molar-refractivity contribution in [3.63, 3.8) is 0 Å². The highest BCUT2D eigenvalue weighted by molar-refractivity contribution is 5.75. The summed E-state index contributed by atoms with van der Waals surface area (Å²) < 4.78 is 0. The first-order valence-corrected chi connectivity index (χ1v) is 6.12. The molecule has 94 valence electrons. The highest BCUT2D eigenvalue weighted by Crippen LogP contribution is 2.04. The van der Waals surface area contributed by atoms with Crippen molar-refractivity contribution in [3.05, 3.63) is 0 Å². The number of unbranched alkanes of at least 4 members (excludes halogenated alkanes) is 1. The van der Waals surface area contributed by atoms with Crippen LogP contribution in [0, 0.1) is 0 Å². The first-order chi connectivity index (χ1) is 7.72. The van der Waals surface area contributed by atoms with E-state index in [4.69, 9.17) is 5.84 Å². The Labute approximate surface area is 97.9 Å². The summed E-state index contributed by atoms with van der Waals surface area (Å²) in [4.78, 5) is 15.8. The summed E-state index contributed by atoms with van der Waals surface area (Å²) in [5.74, 6) is 4.96. The third-order valence-corrected chi connectivity index (χ3v) is 3.10. The van der Waals surface area contributed by atoms with Gasteiger partial charge >= 0.3 is 0 Å². The number of rotatable bonds is 5. The van der Waals surface area contributed by atoms with Gasteiger partial charge in [0.15, 0.2) is 0 Å². The third-order valence-electron chi connectivity index (χ3n) is 3.10. The monoisotopic (exact) mass is 228 g/mol. The summed E-state index contributed by atoms with van der Waals surface area (Å²) >= 11 is 0. The number of nitrogens with two attached hydrogens (primary N) is 1. The quantitative estimate of drug-likeness (QED) is 0.296. The van der Waals surface area contributed by atoms with Crippen molar-refractivity contribution in [1.82, 2.24) is 15.2 Å². The van der Waals surface area contributed by atoms with E-state index in [-0.39, 0.29) is 5.91 Å². The molecule has 1 rings (SSSR count). The van der Waals surface area contributed by atoms with Crippen LogP contribution < -0.4 is 11.3 Å². The normalized spacial score (nSPS) is 19.4. The van der Waals surface area contributed by atoms with Gasteiger partial charge in [-0.15, -0.1) is 0 Å². The average Bonchev–Trinajstić information content (AvgIpc) is 2.49. The maximum atomic E-state index is 10.9. The van der Waals surface area contributed by atoms with Crippen molar-refractivity contribution < 1.29 is 4.79 Å². The summed E-state index contributed by atoms with van der Waals surface area (Å²) in [5, 5.41) is 0. The van der Waals surface area contributed by atoms with E-state index in [1.54, 1.807) is 0 Å². The molecule has 0 radical (unpaired) electrons. The van der Waals surface area contributed by atoms with Gasteiger partial charge in [0, 0.05) is 19.5 Å². The molecule has 0 saturated carbocycles. The van der Waals surface area contributed by atoms with Gasteiger partial charge in [-0.3, -0.25) is 10.2 Å². The molecule has 1 heterocycles. The van der Waals surface area contributed by atoms with Crippen LogP contribution in [0.1, 0.15) is 25.7 Å². The number of nitrogens with one attached hydrogen (secondary N) is 1. The van der Waals surface area contributed by atoms with Crippen LogP contribution in [0.15, 0.2) is 0 Å². The van der Waals surface area contributed by atoms with Gasteiger partial charge < -0.3 is 9.80 Å². The van der Waals surface area contributed by atoms with Gasteiger partial charge in [-0.2, -0.15) is 0 Å². The first-order valence-electron chi connectivity index (χ1n) is 6.12. The summed E-state index contributed by atoms with van der Waals surface area (Å²) in [7, 11) is 2.18. The smallest absolute Gasteiger partial charge is 0.233 e. The highest BCUT2D eigenvalue weighted by atomic mass is 16.2. The van der Waals surface area contributed by atoms with Crippen LogP contribution in [0.3, 0.4) is 0 Å². The molecule has 0 spiro atoms. The number of likely N-dealkylation sites (N-methyl/N-ethyl adjacent to an activating group) is 1. The second-order valence-corrected chi connectivity index (χ2v) is 4.52. The summed E-state index contributed by atoms with van der Waals surface area (Å²) in [6, 6.07) is 0. The average molecular weight is 228 g/mol. The Kier molecular flexibility index (Phi) is 6.37. The Balaban J connectivity index is 2.06. The fourth-order valence-electron chi connectivity index (χ4n) is 2.02. The molecule has 5 nitrogen and oxygen atoms in total. The Morgan fingerprint density at radius 1 is 1.25 bits per heavy atom. The second-order valence-electron chi connectivity index (χ2n) is 4.52. The molecule has 1 fully saturated rings. The number of hydrazine groups is 1. The molecular weight excluding hydrogens is 204 g/mol. The molecule has 1 amide bonds.